The number of carbonyl (C=O) groups is 1. The molecule has 144 valence electrons. The predicted octanol–water partition coefficient (Wildman–Crippen LogP) is 4.14. The van der Waals surface area contributed by atoms with Gasteiger partial charge in [-0.2, -0.15) is 10.4 Å². The summed E-state index contributed by atoms with van der Waals surface area (Å²) in [6, 6.07) is 17.4. The minimum atomic E-state index is -0.0532. The van der Waals surface area contributed by atoms with E-state index in [4.69, 9.17) is 10.2 Å². The molecule has 6 nitrogen and oxygen atoms in total. The van der Waals surface area contributed by atoms with E-state index < -0.39 is 0 Å². The molecule has 0 aliphatic heterocycles. The highest BCUT2D eigenvalue weighted by atomic mass is 16.1. The molecular weight excluding hydrogens is 362 g/mol. The van der Waals surface area contributed by atoms with Crippen LogP contribution in [0.2, 0.25) is 0 Å². The standard InChI is InChI=1S/C23H21N5O/c1-15-19(11-12-22(29)26-18-9-7-17(8-10-18)13-14-24)16(2)28-23(25-15)20-5-3-4-6-21(20)27-28/h3-10H,11-13H2,1-2H3,(H,26,29). The Morgan fingerprint density at radius 1 is 1.14 bits per heavy atom. The van der Waals surface area contributed by atoms with Crippen molar-refractivity contribution in [2.45, 2.75) is 33.1 Å². The number of amides is 1. The maximum Gasteiger partial charge on any atom is 0.224 e. The number of anilines is 1. The van der Waals surface area contributed by atoms with Crippen LogP contribution in [0.25, 0.3) is 16.6 Å². The Labute approximate surface area is 168 Å². The monoisotopic (exact) mass is 383 g/mol. The van der Waals surface area contributed by atoms with Gasteiger partial charge in [-0.05, 0) is 55.7 Å². The van der Waals surface area contributed by atoms with E-state index in [0.29, 0.717) is 19.3 Å². The second kappa shape index (κ2) is 7.72. The molecule has 0 atom stereocenters. The Bertz CT molecular complexity index is 1250. The highest BCUT2D eigenvalue weighted by molar-refractivity contribution is 5.92. The molecule has 4 aromatic rings. The number of aromatic nitrogens is 3. The normalized spacial score (nSPS) is 10.9. The summed E-state index contributed by atoms with van der Waals surface area (Å²) in [5.41, 5.74) is 6.41. The average Bonchev–Trinajstić information content (AvgIpc) is 3.08. The lowest BCUT2D eigenvalue weighted by molar-refractivity contribution is -0.116. The van der Waals surface area contributed by atoms with Gasteiger partial charge in [-0.15, -0.1) is 0 Å². The van der Waals surface area contributed by atoms with E-state index in [-0.39, 0.29) is 5.91 Å². The molecule has 0 saturated heterocycles. The van der Waals surface area contributed by atoms with Crippen molar-refractivity contribution in [1.82, 2.24) is 14.6 Å². The average molecular weight is 383 g/mol. The van der Waals surface area contributed by atoms with Crippen molar-refractivity contribution in [3.63, 3.8) is 0 Å². The van der Waals surface area contributed by atoms with Gasteiger partial charge in [-0.1, -0.05) is 24.3 Å². The van der Waals surface area contributed by atoms with Crippen LogP contribution < -0.4 is 5.32 Å². The van der Waals surface area contributed by atoms with E-state index in [2.05, 4.69) is 16.5 Å². The Hall–Kier alpha value is -3.72. The van der Waals surface area contributed by atoms with Crippen molar-refractivity contribution < 1.29 is 4.79 Å². The van der Waals surface area contributed by atoms with E-state index in [0.717, 1.165) is 44.8 Å². The van der Waals surface area contributed by atoms with Crippen LogP contribution in [0.1, 0.15) is 28.9 Å². The summed E-state index contributed by atoms with van der Waals surface area (Å²) in [5, 5.41) is 17.3. The van der Waals surface area contributed by atoms with Crippen LogP contribution >= 0.6 is 0 Å². The second-order valence-electron chi connectivity index (χ2n) is 7.09. The molecule has 4 rings (SSSR count). The van der Waals surface area contributed by atoms with Crippen molar-refractivity contribution in [1.29, 1.82) is 5.26 Å². The molecule has 0 spiro atoms. The largest absolute Gasteiger partial charge is 0.326 e. The molecule has 0 saturated carbocycles. The first-order chi connectivity index (χ1) is 14.1. The van der Waals surface area contributed by atoms with Gasteiger partial charge in [-0.3, -0.25) is 4.79 Å². The van der Waals surface area contributed by atoms with Crippen molar-refractivity contribution in [2.75, 3.05) is 5.32 Å². The summed E-state index contributed by atoms with van der Waals surface area (Å²) < 4.78 is 1.87. The van der Waals surface area contributed by atoms with Crippen LogP contribution in [0, 0.1) is 25.2 Å². The predicted molar refractivity (Wildman–Crippen MR) is 113 cm³/mol. The summed E-state index contributed by atoms with van der Waals surface area (Å²) in [7, 11) is 0. The van der Waals surface area contributed by atoms with Crippen LogP contribution in [0.15, 0.2) is 48.5 Å². The first kappa shape index (κ1) is 18.6. The summed E-state index contributed by atoms with van der Waals surface area (Å²) in [6.07, 6.45) is 1.31. The molecule has 2 heterocycles. The lowest BCUT2D eigenvalue weighted by Gasteiger charge is -2.11. The van der Waals surface area contributed by atoms with E-state index >= 15 is 0 Å². The molecule has 0 radical (unpaired) electrons. The molecule has 0 fully saturated rings. The van der Waals surface area contributed by atoms with Gasteiger partial charge in [0.15, 0.2) is 5.65 Å². The number of nitrogens with one attached hydrogen (secondary N) is 1. The van der Waals surface area contributed by atoms with Crippen molar-refractivity contribution in [2.24, 2.45) is 0 Å². The number of aryl methyl sites for hydroxylation is 2. The third-order valence-corrected chi connectivity index (χ3v) is 5.14. The first-order valence-corrected chi connectivity index (χ1v) is 9.56. The molecule has 1 N–H and O–H groups in total. The lowest BCUT2D eigenvalue weighted by Crippen LogP contribution is -2.14. The summed E-state index contributed by atoms with van der Waals surface area (Å²) in [5.74, 6) is -0.0532. The second-order valence-corrected chi connectivity index (χ2v) is 7.09. The smallest absolute Gasteiger partial charge is 0.224 e. The summed E-state index contributed by atoms with van der Waals surface area (Å²) in [6.45, 7) is 4.00. The fourth-order valence-corrected chi connectivity index (χ4v) is 3.60. The van der Waals surface area contributed by atoms with Crippen LogP contribution in [-0.4, -0.2) is 20.5 Å². The van der Waals surface area contributed by atoms with Crippen LogP contribution in [0.3, 0.4) is 0 Å². The van der Waals surface area contributed by atoms with Gasteiger partial charge in [0.2, 0.25) is 5.91 Å². The van der Waals surface area contributed by atoms with Crippen LogP contribution in [0.5, 0.6) is 0 Å². The Balaban J connectivity index is 1.51. The molecule has 2 aromatic carbocycles. The molecule has 2 aromatic heterocycles. The molecule has 0 unspecified atom stereocenters. The lowest BCUT2D eigenvalue weighted by atomic mass is 10.1. The molecular formula is C23H21N5O. The van der Waals surface area contributed by atoms with Gasteiger partial charge in [-0.25, -0.2) is 9.50 Å². The fourth-order valence-electron chi connectivity index (χ4n) is 3.60. The number of benzene rings is 2. The zero-order chi connectivity index (χ0) is 20.4. The van der Waals surface area contributed by atoms with Crippen LogP contribution in [-0.2, 0) is 17.6 Å². The third-order valence-electron chi connectivity index (χ3n) is 5.14. The Morgan fingerprint density at radius 3 is 2.66 bits per heavy atom. The first-order valence-electron chi connectivity index (χ1n) is 9.56. The van der Waals surface area contributed by atoms with E-state index in [1.807, 2.05) is 66.9 Å². The van der Waals surface area contributed by atoms with Crippen molar-refractivity contribution >= 4 is 28.1 Å². The van der Waals surface area contributed by atoms with Gasteiger partial charge in [0, 0.05) is 28.9 Å². The number of nitrogens with zero attached hydrogens (tertiary/aromatic N) is 4. The highest BCUT2D eigenvalue weighted by Crippen LogP contribution is 2.23. The third kappa shape index (κ3) is 3.67. The van der Waals surface area contributed by atoms with E-state index in [9.17, 15) is 4.79 Å². The summed E-state index contributed by atoms with van der Waals surface area (Å²) >= 11 is 0. The topological polar surface area (TPSA) is 83.1 Å². The minimum Gasteiger partial charge on any atom is -0.326 e. The molecule has 0 bridgehead atoms. The zero-order valence-electron chi connectivity index (χ0n) is 16.4. The zero-order valence-corrected chi connectivity index (χ0v) is 16.4. The number of rotatable bonds is 5. The maximum atomic E-state index is 12.4. The van der Waals surface area contributed by atoms with E-state index in [1.165, 1.54) is 0 Å². The molecule has 29 heavy (non-hydrogen) atoms. The molecule has 0 aliphatic rings. The number of hydrogen-bond acceptors (Lipinski definition) is 4. The van der Waals surface area contributed by atoms with Gasteiger partial charge in [0.1, 0.15) is 0 Å². The number of nitriles is 1. The minimum absolute atomic E-state index is 0.0532. The van der Waals surface area contributed by atoms with Crippen LogP contribution in [0.4, 0.5) is 5.69 Å². The quantitative estimate of drug-likeness (QED) is 0.561. The maximum absolute atomic E-state index is 12.4. The number of carbonyl (C=O) groups excluding carboxylic acids is 1. The SMILES string of the molecule is Cc1nc2c3ccccc3nn2c(C)c1CCC(=O)Nc1ccc(CC#N)cc1. The fraction of sp³-hybridized carbons (Fsp3) is 0.217. The van der Waals surface area contributed by atoms with E-state index in [1.54, 1.807) is 0 Å². The van der Waals surface area contributed by atoms with Gasteiger partial charge < -0.3 is 5.32 Å². The highest BCUT2D eigenvalue weighted by Gasteiger charge is 2.15. The van der Waals surface area contributed by atoms with Gasteiger partial charge >= 0.3 is 0 Å². The molecule has 6 heteroatoms. The van der Waals surface area contributed by atoms with Gasteiger partial charge in [0.05, 0.1) is 18.0 Å². The van der Waals surface area contributed by atoms with Crippen molar-refractivity contribution in [3.8, 4) is 6.07 Å². The molecule has 1 amide bonds. The molecule has 0 aliphatic carbocycles. The van der Waals surface area contributed by atoms with Gasteiger partial charge in [0.25, 0.3) is 0 Å². The number of hydrogen-bond donors (Lipinski definition) is 1. The Kier molecular flexibility index (Phi) is 4.96. The number of fused-ring (bicyclic) bond motifs is 3. The summed E-state index contributed by atoms with van der Waals surface area (Å²) in [4.78, 5) is 17.2. The van der Waals surface area contributed by atoms with Crippen molar-refractivity contribution in [3.05, 3.63) is 71.0 Å². The Morgan fingerprint density at radius 2 is 1.90 bits per heavy atom.